The number of rotatable bonds is 5. The summed E-state index contributed by atoms with van der Waals surface area (Å²) in [5.74, 6) is 2.28. The van der Waals surface area contributed by atoms with Crippen molar-refractivity contribution in [3.63, 3.8) is 0 Å². The molecule has 0 bridgehead atoms. The normalized spacial score (nSPS) is 26.6. The van der Waals surface area contributed by atoms with E-state index in [1.54, 1.807) is 12.1 Å². The molecule has 1 atom stereocenters. The van der Waals surface area contributed by atoms with Gasteiger partial charge in [-0.05, 0) is 66.7 Å². The number of aryl methyl sites for hydroxylation is 1. The van der Waals surface area contributed by atoms with Crippen LogP contribution in [-0.4, -0.2) is 0 Å². The highest BCUT2D eigenvalue weighted by atomic mass is 19.1. The summed E-state index contributed by atoms with van der Waals surface area (Å²) in [7, 11) is 0. The maximum absolute atomic E-state index is 13.9. The number of nitrogens with zero attached hydrogens (tertiary/aromatic N) is 1. The first-order valence-corrected chi connectivity index (χ1v) is 9.91. The van der Waals surface area contributed by atoms with Crippen LogP contribution in [0.4, 0.5) is 4.39 Å². The van der Waals surface area contributed by atoms with Crippen molar-refractivity contribution in [3.8, 4) is 6.07 Å². The second-order valence-electron chi connectivity index (χ2n) is 8.07. The van der Waals surface area contributed by atoms with E-state index in [1.165, 1.54) is 63.4 Å². The zero-order chi connectivity index (χ0) is 16.9. The van der Waals surface area contributed by atoms with Gasteiger partial charge in [-0.15, -0.1) is 0 Å². The summed E-state index contributed by atoms with van der Waals surface area (Å²) in [6.07, 6.45) is 14.4. The molecule has 0 amide bonds. The van der Waals surface area contributed by atoms with Gasteiger partial charge in [-0.2, -0.15) is 5.26 Å². The Hall–Kier alpha value is -1.36. The molecule has 2 heteroatoms. The minimum atomic E-state index is -0.342. The van der Waals surface area contributed by atoms with Crippen molar-refractivity contribution in [1.82, 2.24) is 0 Å². The molecule has 0 saturated heterocycles. The van der Waals surface area contributed by atoms with Crippen LogP contribution in [0.25, 0.3) is 0 Å². The second kappa shape index (κ2) is 8.15. The molecule has 24 heavy (non-hydrogen) atoms. The molecule has 0 N–H and O–H groups in total. The van der Waals surface area contributed by atoms with Crippen LogP contribution in [0.5, 0.6) is 0 Å². The molecule has 0 radical (unpaired) electrons. The van der Waals surface area contributed by atoms with Crippen molar-refractivity contribution in [2.45, 2.75) is 77.6 Å². The Labute approximate surface area is 146 Å². The van der Waals surface area contributed by atoms with E-state index in [0.717, 1.165) is 30.2 Å². The van der Waals surface area contributed by atoms with Gasteiger partial charge in [-0.25, -0.2) is 4.39 Å². The first-order valence-electron chi connectivity index (χ1n) is 9.91. The molecule has 1 fully saturated rings. The third-order valence-electron chi connectivity index (χ3n) is 6.39. The average molecular weight is 327 g/mol. The molecular formula is C22H30FN. The molecule has 2 aliphatic rings. The van der Waals surface area contributed by atoms with Crippen LogP contribution in [0.1, 0.15) is 81.4 Å². The maximum atomic E-state index is 13.9. The zero-order valence-electron chi connectivity index (χ0n) is 15.0. The van der Waals surface area contributed by atoms with Gasteiger partial charge in [0.2, 0.25) is 0 Å². The highest BCUT2D eigenvalue weighted by Crippen LogP contribution is 2.36. The molecule has 1 aromatic rings. The summed E-state index contributed by atoms with van der Waals surface area (Å²) >= 11 is 0. The van der Waals surface area contributed by atoms with Crippen LogP contribution in [0.2, 0.25) is 0 Å². The minimum absolute atomic E-state index is 0.205. The predicted molar refractivity (Wildman–Crippen MR) is 96.2 cm³/mol. The molecule has 0 aliphatic heterocycles. The van der Waals surface area contributed by atoms with Crippen molar-refractivity contribution in [3.05, 3.63) is 34.6 Å². The summed E-state index contributed by atoms with van der Waals surface area (Å²) in [6, 6.07) is 5.36. The van der Waals surface area contributed by atoms with E-state index in [1.807, 2.05) is 6.07 Å². The summed E-state index contributed by atoms with van der Waals surface area (Å²) in [6.45, 7) is 2.30. The van der Waals surface area contributed by atoms with E-state index in [2.05, 4.69) is 6.92 Å². The van der Waals surface area contributed by atoms with Gasteiger partial charge in [0.05, 0.1) is 5.56 Å². The van der Waals surface area contributed by atoms with Crippen LogP contribution < -0.4 is 0 Å². The molecule has 0 heterocycles. The Morgan fingerprint density at radius 1 is 0.958 bits per heavy atom. The first-order chi connectivity index (χ1) is 11.7. The minimum Gasteiger partial charge on any atom is -0.206 e. The van der Waals surface area contributed by atoms with E-state index in [0.29, 0.717) is 5.92 Å². The van der Waals surface area contributed by atoms with Crippen molar-refractivity contribution < 1.29 is 4.39 Å². The van der Waals surface area contributed by atoms with Crippen LogP contribution in [-0.2, 0) is 12.8 Å². The molecule has 0 aromatic heterocycles. The summed E-state index contributed by atoms with van der Waals surface area (Å²) in [5.41, 5.74) is 2.55. The van der Waals surface area contributed by atoms with Crippen LogP contribution in [0.3, 0.4) is 0 Å². The van der Waals surface area contributed by atoms with E-state index < -0.39 is 0 Å². The fraction of sp³-hybridized carbons (Fsp3) is 0.682. The Bertz CT molecular complexity index is 593. The monoisotopic (exact) mass is 327 g/mol. The molecule has 1 nitrogen and oxygen atoms in total. The van der Waals surface area contributed by atoms with Gasteiger partial charge < -0.3 is 0 Å². The Balaban J connectivity index is 1.48. The van der Waals surface area contributed by atoms with Crippen LogP contribution >= 0.6 is 0 Å². The van der Waals surface area contributed by atoms with Crippen LogP contribution in [0, 0.1) is 34.9 Å². The number of fused-ring (bicyclic) bond motifs is 1. The summed E-state index contributed by atoms with van der Waals surface area (Å²) < 4.78 is 13.9. The molecule has 130 valence electrons. The number of halogens is 1. The molecule has 2 aliphatic carbocycles. The van der Waals surface area contributed by atoms with Crippen molar-refractivity contribution in [1.29, 1.82) is 5.26 Å². The molecular weight excluding hydrogens is 297 g/mol. The van der Waals surface area contributed by atoms with Crippen molar-refractivity contribution >= 4 is 0 Å². The Kier molecular flexibility index (Phi) is 5.93. The predicted octanol–water partition coefficient (Wildman–Crippen LogP) is 6.19. The first kappa shape index (κ1) is 17.5. The van der Waals surface area contributed by atoms with E-state index in [9.17, 15) is 4.39 Å². The van der Waals surface area contributed by atoms with Gasteiger partial charge in [0.25, 0.3) is 0 Å². The third kappa shape index (κ3) is 4.18. The Morgan fingerprint density at radius 2 is 1.62 bits per heavy atom. The topological polar surface area (TPSA) is 23.8 Å². The lowest BCUT2D eigenvalue weighted by molar-refractivity contribution is 0.236. The fourth-order valence-corrected chi connectivity index (χ4v) is 4.88. The molecule has 1 aromatic carbocycles. The Morgan fingerprint density at radius 3 is 2.29 bits per heavy atom. The van der Waals surface area contributed by atoms with Crippen LogP contribution in [0.15, 0.2) is 12.1 Å². The van der Waals surface area contributed by atoms with Gasteiger partial charge in [0.1, 0.15) is 11.9 Å². The lowest BCUT2D eigenvalue weighted by atomic mass is 9.75. The SMILES string of the molecule is CCCC1CCC(CCC2CCc3cc(C#N)c(F)cc3C2)CC1. The molecule has 1 unspecified atom stereocenters. The van der Waals surface area contributed by atoms with E-state index in [-0.39, 0.29) is 11.4 Å². The highest BCUT2D eigenvalue weighted by Gasteiger charge is 2.24. The lowest BCUT2D eigenvalue weighted by Gasteiger charge is -2.30. The molecule has 3 rings (SSSR count). The number of hydrogen-bond acceptors (Lipinski definition) is 1. The summed E-state index contributed by atoms with van der Waals surface area (Å²) in [5, 5.41) is 8.96. The van der Waals surface area contributed by atoms with Gasteiger partial charge in [0, 0.05) is 0 Å². The standard InChI is InChI=1S/C22H30FN/c1-2-3-16-4-6-17(7-5-16)8-9-18-10-11-19-13-21(15-24)22(23)14-20(19)12-18/h13-14,16-18H,2-12H2,1H3. The van der Waals surface area contributed by atoms with Crippen molar-refractivity contribution in [2.75, 3.05) is 0 Å². The smallest absolute Gasteiger partial charge is 0.141 e. The highest BCUT2D eigenvalue weighted by molar-refractivity contribution is 5.40. The number of hydrogen-bond donors (Lipinski definition) is 0. The maximum Gasteiger partial charge on any atom is 0.141 e. The van der Waals surface area contributed by atoms with Gasteiger partial charge >= 0.3 is 0 Å². The third-order valence-corrected chi connectivity index (χ3v) is 6.39. The summed E-state index contributed by atoms with van der Waals surface area (Å²) in [4.78, 5) is 0. The van der Waals surface area contributed by atoms with Gasteiger partial charge in [-0.1, -0.05) is 51.9 Å². The van der Waals surface area contributed by atoms with Crippen molar-refractivity contribution in [2.24, 2.45) is 17.8 Å². The van der Waals surface area contributed by atoms with Gasteiger partial charge in [-0.3, -0.25) is 0 Å². The number of nitriles is 1. The molecule has 0 spiro atoms. The zero-order valence-corrected chi connectivity index (χ0v) is 15.0. The molecule has 1 saturated carbocycles. The number of benzene rings is 1. The largest absolute Gasteiger partial charge is 0.206 e. The quantitative estimate of drug-likeness (QED) is 0.632. The average Bonchev–Trinajstić information content (AvgIpc) is 2.60. The fourth-order valence-electron chi connectivity index (χ4n) is 4.88. The lowest BCUT2D eigenvalue weighted by Crippen LogP contribution is -2.18. The van der Waals surface area contributed by atoms with E-state index in [4.69, 9.17) is 5.26 Å². The van der Waals surface area contributed by atoms with E-state index >= 15 is 0 Å². The second-order valence-corrected chi connectivity index (χ2v) is 8.07. The van der Waals surface area contributed by atoms with Gasteiger partial charge in [0.15, 0.2) is 0 Å².